The second-order valence-corrected chi connectivity index (χ2v) is 3.52. The minimum absolute atomic E-state index is 0.0278. The topological polar surface area (TPSA) is 20.2 Å². The van der Waals surface area contributed by atoms with Gasteiger partial charge in [-0.2, -0.15) is 0 Å². The van der Waals surface area contributed by atoms with Gasteiger partial charge in [0.2, 0.25) is 0 Å². The average molecular weight is 139 g/mol. The highest BCUT2D eigenvalue weighted by Gasteiger charge is 1.99. The Morgan fingerprint density at radius 1 is 1.38 bits per heavy atom. The summed E-state index contributed by atoms with van der Waals surface area (Å²) in [5, 5.41) is 7.57. The molecule has 0 fully saturated rings. The van der Waals surface area contributed by atoms with Crippen LogP contribution in [0, 0.1) is 0 Å². The van der Waals surface area contributed by atoms with Gasteiger partial charge in [0, 0.05) is 11.5 Å². The predicted octanol–water partition coefficient (Wildman–Crippen LogP) is 2.02. The summed E-state index contributed by atoms with van der Waals surface area (Å²) in [6.07, 6.45) is 0. The second-order valence-electron chi connectivity index (χ2n) is 2.38. The molecule has 0 saturated heterocycles. The van der Waals surface area contributed by atoms with E-state index in [2.05, 4.69) is 0 Å². The van der Waals surface area contributed by atoms with E-state index in [0.29, 0.717) is 0 Å². The Kier molecular flexibility index (Phi) is 7.48. The molecule has 0 aliphatic heterocycles. The van der Waals surface area contributed by atoms with E-state index in [-0.39, 0.29) is 11.5 Å². The van der Waals surface area contributed by atoms with Crippen LogP contribution in [0.25, 0.3) is 0 Å². The number of aliphatic hydroxyl groups is 1. The summed E-state index contributed by atoms with van der Waals surface area (Å²) in [5.41, 5.74) is 0. The second kappa shape index (κ2) is 5.39. The van der Waals surface area contributed by atoms with Crippen molar-refractivity contribution in [2.45, 2.75) is 32.6 Å². The number of aliphatic hydroxyl groups excluding tert-OH is 1. The van der Waals surface area contributed by atoms with Crippen molar-refractivity contribution in [2.75, 3.05) is 6.61 Å². The van der Waals surface area contributed by atoms with Gasteiger partial charge in [0.25, 0.3) is 0 Å². The standard InChI is InChI=1S/C4H9Cl.C2H6O/c1-4(2,3)5;1-2-3/h1-3H3;3H,2H2,1H3. The van der Waals surface area contributed by atoms with Crippen LogP contribution in [0.2, 0.25) is 0 Å². The van der Waals surface area contributed by atoms with Crippen molar-refractivity contribution < 1.29 is 5.11 Å². The highest BCUT2D eigenvalue weighted by Crippen LogP contribution is 2.07. The summed E-state index contributed by atoms with van der Waals surface area (Å²) >= 11 is 5.53. The first kappa shape index (κ1) is 11.1. The summed E-state index contributed by atoms with van der Waals surface area (Å²) in [6, 6.07) is 0. The maximum Gasteiger partial charge on any atom is 0.0402 e. The zero-order chi connectivity index (χ0) is 7.21. The third-order valence-electron chi connectivity index (χ3n) is 0. The molecule has 0 rings (SSSR count). The van der Waals surface area contributed by atoms with Gasteiger partial charge in [-0.3, -0.25) is 0 Å². The molecule has 0 amide bonds. The van der Waals surface area contributed by atoms with Crippen LogP contribution in [-0.2, 0) is 0 Å². The van der Waals surface area contributed by atoms with E-state index >= 15 is 0 Å². The zero-order valence-electron chi connectivity index (χ0n) is 6.03. The van der Waals surface area contributed by atoms with Crippen LogP contribution in [0.1, 0.15) is 27.7 Å². The molecule has 0 aliphatic rings. The highest BCUT2D eigenvalue weighted by atomic mass is 35.5. The summed E-state index contributed by atoms with van der Waals surface area (Å²) in [4.78, 5) is -0.0278. The van der Waals surface area contributed by atoms with E-state index in [0.717, 1.165) is 0 Å². The third-order valence-corrected chi connectivity index (χ3v) is 0. The summed E-state index contributed by atoms with van der Waals surface area (Å²) in [6.45, 7) is 7.79. The number of rotatable bonds is 0. The molecule has 0 atom stereocenters. The zero-order valence-corrected chi connectivity index (χ0v) is 6.79. The fraction of sp³-hybridized carbons (Fsp3) is 1.00. The van der Waals surface area contributed by atoms with Gasteiger partial charge in [0.05, 0.1) is 0 Å². The van der Waals surface area contributed by atoms with E-state index in [1.807, 2.05) is 20.8 Å². The molecule has 0 saturated carbocycles. The minimum Gasteiger partial charge on any atom is -0.397 e. The SMILES string of the molecule is CC(C)(C)Cl.CCO. The van der Waals surface area contributed by atoms with Crippen molar-refractivity contribution in [3.63, 3.8) is 0 Å². The monoisotopic (exact) mass is 138 g/mol. The van der Waals surface area contributed by atoms with Gasteiger partial charge >= 0.3 is 0 Å². The fourth-order valence-electron chi connectivity index (χ4n) is 0. The summed E-state index contributed by atoms with van der Waals surface area (Å²) < 4.78 is 0. The maximum absolute atomic E-state index is 7.57. The summed E-state index contributed by atoms with van der Waals surface area (Å²) in [7, 11) is 0. The predicted molar refractivity (Wildman–Crippen MR) is 38.4 cm³/mol. The van der Waals surface area contributed by atoms with Crippen LogP contribution in [0.15, 0.2) is 0 Å². The molecule has 8 heavy (non-hydrogen) atoms. The van der Waals surface area contributed by atoms with Gasteiger partial charge in [-0.05, 0) is 27.7 Å². The van der Waals surface area contributed by atoms with Crippen molar-refractivity contribution in [2.24, 2.45) is 0 Å². The number of alkyl halides is 1. The van der Waals surface area contributed by atoms with Gasteiger partial charge in [0.1, 0.15) is 0 Å². The van der Waals surface area contributed by atoms with Crippen molar-refractivity contribution in [1.82, 2.24) is 0 Å². The Morgan fingerprint density at radius 3 is 1.38 bits per heavy atom. The Labute approximate surface area is 56.7 Å². The van der Waals surface area contributed by atoms with Gasteiger partial charge < -0.3 is 5.11 Å². The van der Waals surface area contributed by atoms with Gasteiger partial charge in [-0.15, -0.1) is 11.6 Å². The first-order chi connectivity index (χ1) is 3.41. The Morgan fingerprint density at radius 2 is 1.38 bits per heavy atom. The summed E-state index contributed by atoms with van der Waals surface area (Å²) in [5.74, 6) is 0. The van der Waals surface area contributed by atoms with Crippen LogP contribution < -0.4 is 0 Å². The Bertz CT molecular complexity index is 32.3. The van der Waals surface area contributed by atoms with E-state index in [1.165, 1.54) is 0 Å². The molecule has 2 heteroatoms. The minimum atomic E-state index is -0.0278. The van der Waals surface area contributed by atoms with Crippen LogP contribution in [0.5, 0.6) is 0 Å². The number of hydrogen-bond donors (Lipinski definition) is 1. The molecule has 0 bridgehead atoms. The van der Waals surface area contributed by atoms with E-state index in [1.54, 1.807) is 6.92 Å². The fourth-order valence-corrected chi connectivity index (χ4v) is 0. The third kappa shape index (κ3) is 2760. The van der Waals surface area contributed by atoms with Gasteiger partial charge in [0.15, 0.2) is 0 Å². The van der Waals surface area contributed by atoms with Crippen molar-refractivity contribution in [3.8, 4) is 0 Å². The molecule has 0 aromatic carbocycles. The lowest BCUT2D eigenvalue weighted by molar-refractivity contribution is 0.318. The molecule has 0 heterocycles. The molecule has 0 aliphatic carbocycles. The highest BCUT2D eigenvalue weighted by molar-refractivity contribution is 6.23. The van der Waals surface area contributed by atoms with Crippen LogP contribution >= 0.6 is 11.6 Å². The van der Waals surface area contributed by atoms with Crippen LogP contribution in [0.3, 0.4) is 0 Å². The molecule has 0 unspecified atom stereocenters. The lowest BCUT2D eigenvalue weighted by atomic mass is 10.3. The maximum atomic E-state index is 7.57. The van der Waals surface area contributed by atoms with Crippen molar-refractivity contribution in [1.29, 1.82) is 0 Å². The van der Waals surface area contributed by atoms with Crippen LogP contribution in [0.4, 0.5) is 0 Å². The molecular formula is C6H15ClO. The van der Waals surface area contributed by atoms with Crippen molar-refractivity contribution in [3.05, 3.63) is 0 Å². The first-order valence-corrected chi connectivity index (χ1v) is 3.09. The first-order valence-electron chi connectivity index (χ1n) is 2.71. The van der Waals surface area contributed by atoms with Gasteiger partial charge in [-0.1, -0.05) is 0 Å². The Balaban J connectivity index is 0. The van der Waals surface area contributed by atoms with Gasteiger partial charge in [-0.25, -0.2) is 0 Å². The molecule has 0 aromatic heterocycles. The molecular weight excluding hydrogens is 124 g/mol. The molecule has 0 spiro atoms. The number of hydrogen-bond acceptors (Lipinski definition) is 1. The molecule has 1 nitrogen and oxygen atoms in total. The molecule has 0 aromatic rings. The normalized spacial score (nSPS) is 9.75. The number of halogens is 1. The average Bonchev–Trinajstić information content (AvgIpc) is 1.27. The smallest absolute Gasteiger partial charge is 0.0402 e. The Hall–Kier alpha value is 0.250. The molecule has 1 N–H and O–H groups in total. The quantitative estimate of drug-likeness (QED) is 0.508. The largest absolute Gasteiger partial charge is 0.397 e. The lowest BCUT2D eigenvalue weighted by Crippen LogP contribution is -1.99. The van der Waals surface area contributed by atoms with Crippen molar-refractivity contribution >= 4 is 11.6 Å². The molecule has 52 valence electrons. The van der Waals surface area contributed by atoms with E-state index in [4.69, 9.17) is 16.7 Å². The lowest BCUT2D eigenvalue weighted by Gasteiger charge is -2.01. The van der Waals surface area contributed by atoms with E-state index < -0.39 is 0 Å². The molecule has 0 radical (unpaired) electrons. The van der Waals surface area contributed by atoms with Crippen LogP contribution in [-0.4, -0.2) is 16.6 Å². The van der Waals surface area contributed by atoms with E-state index in [9.17, 15) is 0 Å².